The van der Waals surface area contributed by atoms with Gasteiger partial charge in [-0.2, -0.15) is 5.10 Å². The number of hydrogen-bond donors (Lipinski definition) is 2. The predicted molar refractivity (Wildman–Crippen MR) is 68.6 cm³/mol. The lowest BCUT2D eigenvalue weighted by molar-refractivity contribution is -0.124. The molecule has 0 aliphatic rings. The Hall–Kier alpha value is -1.39. The van der Waals surface area contributed by atoms with E-state index in [0.717, 1.165) is 12.8 Å². The smallest absolute Gasteiger partial charge is 0.236 e. The number of carbonyl (C=O) groups excluding carboxylic acids is 2. The van der Waals surface area contributed by atoms with Crippen LogP contribution < -0.4 is 10.7 Å². The van der Waals surface area contributed by atoms with E-state index in [1.165, 1.54) is 6.92 Å². The zero-order valence-corrected chi connectivity index (χ0v) is 11.3. The van der Waals surface area contributed by atoms with Crippen molar-refractivity contribution in [2.45, 2.75) is 53.5 Å². The molecule has 0 spiro atoms. The number of rotatable bonds is 6. The third-order valence-electron chi connectivity index (χ3n) is 2.54. The van der Waals surface area contributed by atoms with Crippen LogP contribution in [0.4, 0.5) is 0 Å². The first-order valence-corrected chi connectivity index (χ1v) is 5.99. The van der Waals surface area contributed by atoms with Gasteiger partial charge in [-0.25, -0.2) is 5.43 Å². The van der Waals surface area contributed by atoms with Gasteiger partial charge in [0, 0.05) is 12.8 Å². The molecule has 2 amide bonds. The number of hydrogen-bond acceptors (Lipinski definition) is 3. The van der Waals surface area contributed by atoms with Crippen LogP contribution in [0.15, 0.2) is 5.10 Å². The van der Waals surface area contributed by atoms with Gasteiger partial charge in [-0.1, -0.05) is 20.3 Å². The van der Waals surface area contributed by atoms with Crippen molar-refractivity contribution in [1.82, 2.24) is 10.7 Å². The van der Waals surface area contributed by atoms with Crippen molar-refractivity contribution in [2.24, 2.45) is 11.0 Å². The molecule has 5 nitrogen and oxygen atoms in total. The van der Waals surface area contributed by atoms with Crippen LogP contribution in [0.1, 0.15) is 47.5 Å². The van der Waals surface area contributed by atoms with Crippen molar-refractivity contribution in [2.75, 3.05) is 0 Å². The van der Waals surface area contributed by atoms with Crippen LogP contribution in [0.3, 0.4) is 0 Å². The summed E-state index contributed by atoms with van der Waals surface area (Å²) in [5.41, 5.74) is 3.03. The van der Waals surface area contributed by atoms with Gasteiger partial charge in [-0.15, -0.1) is 0 Å². The fraction of sp³-hybridized carbons (Fsp3) is 0.750. The van der Waals surface area contributed by atoms with E-state index in [1.54, 1.807) is 6.92 Å². The Bertz CT molecular complexity index is 300. The summed E-state index contributed by atoms with van der Waals surface area (Å²) in [6, 6.07) is -0.173. The summed E-state index contributed by atoms with van der Waals surface area (Å²) in [4.78, 5) is 22.4. The number of amides is 2. The minimum Gasteiger partial charge on any atom is -0.348 e. The van der Waals surface area contributed by atoms with E-state index in [4.69, 9.17) is 0 Å². The van der Waals surface area contributed by atoms with Crippen LogP contribution >= 0.6 is 0 Å². The molecule has 2 unspecified atom stereocenters. The molecule has 0 aromatic heterocycles. The van der Waals surface area contributed by atoms with Crippen molar-refractivity contribution in [1.29, 1.82) is 0 Å². The maximum absolute atomic E-state index is 11.7. The summed E-state index contributed by atoms with van der Waals surface area (Å²) in [6.45, 7) is 8.97. The van der Waals surface area contributed by atoms with Gasteiger partial charge in [0.1, 0.15) is 0 Å². The number of nitrogens with zero attached hydrogens (tertiary/aromatic N) is 1. The van der Waals surface area contributed by atoms with E-state index < -0.39 is 0 Å². The van der Waals surface area contributed by atoms with E-state index >= 15 is 0 Å². The predicted octanol–water partition coefficient (Wildman–Crippen LogP) is 1.44. The fourth-order valence-corrected chi connectivity index (χ4v) is 1.29. The second-order valence-corrected chi connectivity index (χ2v) is 4.34. The molecule has 0 bridgehead atoms. The van der Waals surface area contributed by atoms with Gasteiger partial charge in [0.2, 0.25) is 11.8 Å². The lowest BCUT2D eigenvalue weighted by Crippen LogP contribution is -2.41. The van der Waals surface area contributed by atoms with E-state index in [9.17, 15) is 9.59 Å². The topological polar surface area (TPSA) is 70.6 Å². The van der Waals surface area contributed by atoms with Crippen LogP contribution in [0.5, 0.6) is 0 Å². The summed E-state index contributed by atoms with van der Waals surface area (Å²) in [5, 5.41) is 6.75. The van der Waals surface area contributed by atoms with Crippen LogP contribution in [0, 0.1) is 5.92 Å². The molecule has 2 N–H and O–H groups in total. The van der Waals surface area contributed by atoms with Crippen LogP contribution in [0.2, 0.25) is 0 Å². The Balaban J connectivity index is 4.24. The first-order valence-electron chi connectivity index (χ1n) is 5.99. The molecular formula is C12H23N3O2. The third-order valence-corrected chi connectivity index (χ3v) is 2.54. The molecule has 0 saturated carbocycles. The largest absolute Gasteiger partial charge is 0.348 e. The molecule has 5 heteroatoms. The first-order chi connectivity index (χ1) is 7.88. The van der Waals surface area contributed by atoms with Crippen molar-refractivity contribution >= 4 is 17.5 Å². The van der Waals surface area contributed by atoms with Gasteiger partial charge < -0.3 is 5.32 Å². The SMILES string of the molecule is CCCC(C)C(=O)NC(C)/C(C)=N/NC(C)=O. The Morgan fingerprint density at radius 1 is 1.24 bits per heavy atom. The van der Waals surface area contributed by atoms with Gasteiger partial charge in [0.05, 0.1) is 11.8 Å². The average molecular weight is 241 g/mol. The Morgan fingerprint density at radius 3 is 2.29 bits per heavy atom. The second-order valence-electron chi connectivity index (χ2n) is 4.34. The first kappa shape index (κ1) is 15.6. The summed E-state index contributed by atoms with van der Waals surface area (Å²) < 4.78 is 0. The lowest BCUT2D eigenvalue weighted by atomic mass is 10.0. The molecule has 2 atom stereocenters. The van der Waals surface area contributed by atoms with Crippen LogP contribution in [-0.4, -0.2) is 23.6 Å². The molecule has 0 aromatic carbocycles. The third kappa shape index (κ3) is 6.71. The Kier molecular flexibility index (Phi) is 7.18. The maximum Gasteiger partial charge on any atom is 0.236 e. The average Bonchev–Trinajstić information content (AvgIpc) is 2.25. The Labute approximate surface area is 103 Å². The second kappa shape index (κ2) is 7.81. The summed E-state index contributed by atoms with van der Waals surface area (Å²) in [5.74, 6) is -0.185. The molecule has 0 rings (SSSR count). The lowest BCUT2D eigenvalue weighted by Gasteiger charge is -2.17. The van der Waals surface area contributed by atoms with Crippen LogP contribution in [-0.2, 0) is 9.59 Å². The zero-order chi connectivity index (χ0) is 13.4. The van der Waals surface area contributed by atoms with Crippen molar-refractivity contribution in [3.8, 4) is 0 Å². The van der Waals surface area contributed by atoms with E-state index in [-0.39, 0.29) is 23.8 Å². The van der Waals surface area contributed by atoms with Gasteiger partial charge in [0.25, 0.3) is 0 Å². The van der Waals surface area contributed by atoms with E-state index in [2.05, 4.69) is 22.8 Å². The molecule has 98 valence electrons. The zero-order valence-electron chi connectivity index (χ0n) is 11.3. The monoisotopic (exact) mass is 241 g/mol. The maximum atomic E-state index is 11.7. The van der Waals surface area contributed by atoms with Gasteiger partial charge >= 0.3 is 0 Å². The molecule has 0 fully saturated rings. The van der Waals surface area contributed by atoms with Gasteiger partial charge in [-0.05, 0) is 20.3 Å². The highest BCUT2D eigenvalue weighted by Gasteiger charge is 2.15. The van der Waals surface area contributed by atoms with Crippen molar-refractivity contribution in [3.05, 3.63) is 0 Å². The normalized spacial score (nSPS) is 15.0. The Morgan fingerprint density at radius 2 is 1.82 bits per heavy atom. The minimum atomic E-state index is -0.220. The molecule has 0 aliphatic heterocycles. The summed E-state index contributed by atoms with van der Waals surface area (Å²) >= 11 is 0. The standard InChI is InChI=1S/C12H23N3O2/c1-6-7-8(2)12(17)13-9(3)10(4)14-15-11(5)16/h8-9H,6-7H2,1-5H3,(H,13,17)(H,15,16)/b14-10+. The number of hydrazone groups is 1. The quantitative estimate of drug-likeness (QED) is 0.545. The van der Waals surface area contributed by atoms with Crippen molar-refractivity contribution < 1.29 is 9.59 Å². The summed E-state index contributed by atoms with van der Waals surface area (Å²) in [6.07, 6.45) is 1.86. The number of nitrogens with one attached hydrogen (secondary N) is 2. The highest BCUT2D eigenvalue weighted by molar-refractivity contribution is 5.92. The van der Waals surface area contributed by atoms with Crippen molar-refractivity contribution in [3.63, 3.8) is 0 Å². The highest BCUT2D eigenvalue weighted by Crippen LogP contribution is 2.05. The fourth-order valence-electron chi connectivity index (χ4n) is 1.29. The molecular weight excluding hydrogens is 218 g/mol. The summed E-state index contributed by atoms with van der Waals surface area (Å²) in [7, 11) is 0. The molecule has 0 aromatic rings. The minimum absolute atomic E-state index is 0.0102. The molecule has 0 saturated heterocycles. The van der Waals surface area contributed by atoms with Gasteiger partial charge in [0.15, 0.2) is 0 Å². The van der Waals surface area contributed by atoms with E-state index in [0.29, 0.717) is 5.71 Å². The molecule has 0 heterocycles. The van der Waals surface area contributed by atoms with Crippen LogP contribution in [0.25, 0.3) is 0 Å². The molecule has 0 radical (unpaired) electrons. The van der Waals surface area contributed by atoms with E-state index in [1.807, 2.05) is 13.8 Å². The number of carbonyl (C=O) groups is 2. The molecule has 17 heavy (non-hydrogen) atoms. The van der Waals surface area contributed by atoms with Gasteiger partial charge in [-0.3, -0.25) is 9.59 Å². The highest BCUT2D eigenvalue weighted by atomic mass is 16.2. The molecule has 0 aliphatic carbocycles.